The van der Waals surface area contributed by atoms with Gasteiger partial charge in [0.05, 0.1) is 5.92 Å². The van der Waals surface area contributed by atoms with Crippen LogP contribution in [0.25, 0.3) is 0 Å². The van der Waals surface area contributed by atoms with E-state index in [-0.39, 0.29) is 17.7 Å². The van der Waals surface area contributed by atoms with Gasteiger partial charge in [0.25, 0.3) is 0 Å². The predicted octanol–water partition coefficient (Wildman–Crippen LogP) is 1.55. The quantitative estimate of drug-likeness (QED) is 0.859. The summed E-state index contributed by atoms with van der Waals surface area (Å²) < 4.78 is 0. The fourth-order valence-corrected chi connectivity index (χ4v) is 4.74. The van der Waals surface area contributed by atoms with Gasteiger partial charge < -0.3 is 15.1 Å². The molecule has 3 aliphatic rings. The highest BCUT2D eigenvalue weighted by Crippen LogP contribution is 2.28. The van der Waals surface area contributed by atoms with E-state index >= 15 is 0 Å². The van der Waals surface area contributed by atoms with Crippen molar-refractivity contribution >= 4 is 17.5 Å². The highest BCUT2D eigenvalue weighted by molar-refractivity contribution is 5.96. The van der Waals surface area contributed by atoms with Crippen molar-refractivity contribution in [3.63, 3.8) is 0 Å². The van der Waals surface area contributed by atoms with Gasteiger partial charge in [0.15, 0.2) is 0 Å². The summed E-state index contributed by atoms with van der Waals surface area (Å²) in [5, 5.41) is 3.40. The highest BCUT2D eigenvalue weighted by atomic mass is 16.2. The topological polar surface area (TPSA) is 55.9 Å². The van der Waals surface area contributed by atoms with Crippen LogP contribution in [0.5, 0.6) is 0 Å². The molecule has 6 heteroatoms. The maximum atomic E-state index is 13.2. The number of rotatable bonds is 3. The van der Waals surface area contributed by atoms with Crippen LogP contribution < -0.4 is 10.2 Å². The molecule has 3 fully saturated rings. The molecule has 0 spiro atoms. The summed E-state index contributed by atoms with van der Waals surface area (Å²) in [6, 6.07) is 6.62. The molecule has 4 rings (SSSR count). The molecule has 28 heavy (non-hydrogen) atoms. The van der Waals surface area contributed by atoms with Crippen molar-refractivity contribution in [2.45, 2.75) is 39.2 Å². The van der Waals surface area contributed by atoms with Crippen molar-refractivity contribution in [2.75, 3.05) is 50.7 Å². The lowest BCUT2D eigenvalue weighted by atomic mass is 9.95. The number of piperidine rings is 1. The number of nitrogens with one attached hydrogen (secondary N) is 1. The summed E-state index contributed by atoms with van der Waals surface area (Å²) in [4.78, 5) is 32.1. The van der Waals surface area contributed by atoms with Crippen molar-refractivity contribution < 1.29 is 9.59 Å². The van der Waals surface area contributed by atoms with Crippen LogP contribution in [0.2, 0.25) is 0 Å². The standard InChI is InChI=1S/C22H32N4O2/c1-16-3-5-19(13-17(16)2)26-14-18(4-6-21(26)27)22(28)25-10-7-20(15-25)24-11-8-23-9-12-24/h3,5,13,18,20,23H,4,6-12,14-15H2,1-2H3. The van der Waals surface area contributed by atoms with E-state index in [2.05, 4.69) is 36.2 Å². The molecule has 0 radical (unpaired) electrons. The minimum atomic E-state index is -0.0823. The van der Waals surface area contributed by atoms with Crippen LogP contribution in [-0.2, 0) is 9.59 Å². The van der Waals surface area contributed by atoms with Crippen molar-refractivity contribution in [1.29, 1.82) is 0 Å². The molecule has 0 aliphatic carbocycles. The summed E-state index contributed by atoms with van der Waals surface area (Å²) in [7, 11) is 0. The fourth-order valence-electron chi connectivity index (χ4n) is 4.74. The van der Waals surface area contributed by atoms with Gasteiger partial charge in [-0.1, -0.05) is 6.07 Å². The molecular weight excluding hydrogens is 352 g/mol. The maximum absolute atomic E-state index is 13.2. The largest absolute Gasteiger partial charge is 0.341 e. The van der Waals surface area contributed by atoms with Gasteiger partial charge in [-0.3, -0.25) is 14.5 Å². The molecule has 6 nitrogen and oxygen atoms in total. The molecule has 2 unspecified atom stereocenters. The van der Waals surface area contributed by atoms with E-state index in [1.165, 1.54) is 11.1 Å². The second-order valence-corrected chi connectivity index (χ2v) is 8.52. The number of anilines is 1. The van der Waals surface area contributed by atoms with Crippen molar-refractivity contribution in [3.05, 3.63) is 29.3 Å². The molecule has 2 atom stereocenters. The molecule has 3 aliphatic heterocycles. The first-order valence-electron chi connectivity index (χ1n) is 10.6. The Morgan fingerprint density at radius 3 is 2.57 bits per heavy atom. The molecule has 2 amide bonds. The normalized spacial score (nSPS) is 26.7. The zero-order valence-corrected chi connectivity index (χ0v) is 17.1. The molecule has 3 heterocycles. The van der Waals surface area contributed by atoms with Crippen LogP contribution in [0.1, 0.15) is 30.4 Å². The van der Waals surface area contributed by atoms with Crippen LogP contribution in [0.4, 0.5) is 5.69 Å². The van der Waals surface area contributed by atoms with Crippen LogP contribution in [0, 0.1) is 19.8 Å². The Kier molecular flexibility index (Phi) is 5.69. The number of amides is 2. The highest BCUT2D eigenvalue weighted by Gasteiger charge is 2.37. The van der Waals surface area contributed by atoms with Gasteiger partial charge in [-0.25, -0.2) is 0 Å². The summed E-state index contributed by atoms with van der Waals surface area (Å²) in [6.07, 6.45) is 2.20. The molecule has 0 aromatic heterocycles. The Balaban J connectivity index is 1.40. The molecule has 1 aromatic rings. The minimum Gasteiger partial charge on any atom is -0.341 e. The number of benzene rings is 1. The second kappa shape index (κ2) is 8.21. The Bertz CT molecular complexity index is 744. The number of piperazine rings is 1. The average Bonchev–Trinajstić information content (AvgIpc) is 3.21. The zero-order chi connectivity index (χ0) is 19.7. The van der Waals surface area contributed by atoms with Gasteiger partial charge in [-0.05, 0) is 49.9 Å². The van der Waals surface area contributed by atoms with Crippen LogP contribution >= 0.6 is 0 Å². The van der Waals surface area contributed by atoms with Gasteiger partial charge in [0, 0.05) is 64.0 Å². The Labute approximate surface area is 167 Å². The Hall–Kier alpha value is -1.92. The van der Waals surface area contributed by atoms with Gasteiger partial charge in [0.2, 0.25) is 11.8 Å². The first-order valence-corrected chi connectivity index (χ1v) is 10.6. The van der Waals surface area contributed by atoms with Crippen LogP contribution in [0.3, 0.4) is 0 Å². The lowest BCUT2D eigenvalue weighted by molar-refractivity contribution is -0.135. The van der Waals surface area contributed by atoms with E-state index in [0.29, 0.717) is 25.4 Å². The third kappa shape index (κ3) is 3.94. The average molecular weight is 385 g/mol. The molecule has 0 saturated carbocycles. The monoisotopic (exact) mass is 384 g/mol. The van der Waals surface area contributed by atoms with E-state index < -0.39 is 0 Å². The fraction of sp³-hybridized carbons (Fsp3) is 0.636. The van der Waals surface area contributed by atoms with E-state index in [0.717, 1.165) is 51.4 Å². The summed E-state index contributed by atoms with van der Waals surface area (Å²) >= 11 is 0. The number of carbonyl (C=O) groups is 2. The first-order chi connectivity index (χ1) is 13.5. The summed E-state index contributed by atoms with van der Waals surface area (Å²) in [5.74, 6) is 0.285. The van der Waals surface area contributed by atoms with Gasteiger partial charge >= 0.3 is 0 Å². The smallest absolute Gasteiger partial charge is 0.227 e. The van der Waals surface area contributed by atoms with Gasteiger partial charge in [-0.2, -0.15) is 0 Å². The number of nitrogens with zero attached hydrogens (tertiary/aromatic N) is 3. The molecule has 1 N–H and O–H groups in total. The van der Waals surface area contributed by atoms with Crippen molar-refractivity contribution in [1.82, 2.24) is 15.1 Å². The van der Waals surface area contributed by atoms with E-state index in [4.69, 9.17) is 0 Å². The number of likely N-dealkylation sites (tertiary alicyclic amines) is 1. The summed E-state index contributed by atoms with van der Waals surface area (Å²) in [5.41, 5.74) is 3.32. The SMILES string of the molecule is Cc1ccc(N2CC(C(=O)N3CCC(N4CCNCC4)C3)CCC2=O)cc1C. The molecule has 152 valence electrons. The molecule has 3 saturated heterocycles. The number of hydrogen-bond acceptors (Lipinski definition) is 4. The molecule has 1 aromatic carbocycles. The van der Waals surface area contributed by atoms with Crippen molar-refractivity contribution in [2.24, 2.45) is 5.92 Å². The first kappa shape index (κ1) is 19.4. The molecule has 0 bridgehead atoms. The van der Waals surface area contributed by atoms with Gasteiger partial charge in [0.1, 0.15) is 0 Å². The third-order valence-corrected chi connectivity index (χ3v) is 6.71. The zero-order valence-electron chi connectivity index (χ0n) is 17.1. The predicted molar refractivity (Wildman–Crippen MR) is 110 cm³/mol. The Morgan fingerprint density at radius 2 is 1.82 bits per heavy atom. The Morgan fingerprint density at radius 1 is 1.04 bits per heavy atom. The second-order valence-electron chi connectivity index (χ2n) is 8.52. The third-order valence-electron chi connectivity index (χ3n) is 6.71. The van der Waals surface area contributed by atoms with Crippen LogP contribution in [-0.4, -0.2) is 73.5 Å². The van der Waals surface area contributed by atoms with E-state index in [1.54, 1.807) is 0 Å². The number of aryl methyl sites for hydroxylation is 2. The van der Waals surface area contributed by atoms with Gasteiger partial charge in [-0.15, -0.1) is 0 Å². The van der Waals surface area contributed by atoms with Crippen LogP contribution in [0.15, 0.2) is 18.2 Å². The van der Waals surface area contributed by atoms with E-state index in [1.807, 2.05) is 15.9 Å². The van der Waals surface area contributed by atoms with Crippen molar-refractivity contribution in [3.8, 4) is 0 Å². The molecular formula is C22H32N4O2. The lowest BCUT2D eigenvalue weighted by Gasteiger charge is -2.35. The summed E-state index contributed by atoms with van der Waals surface area (Å²) in [6.45, 7) is 10.6. The van der Waals surface area contributed by atoms with E-state index in [9.17, 15) is 9.59 Å². The minimum absolute atomic E-state index is 0.0823. The maximum Gasteiger partial charge on any atom is 0.227 e. The lowest BCUT2D eigenvalue weighted by Crippen LogP contribution is -2.50. The number of hydrogen-bond donors (Lipinski definition) is 1. The number of carbonyl (C=O) groups excluding carboxylic acids is 2.